The number of hydrogen-bond acceptors (Lipinski definition) is 2. The first kappa shape index (κ1) is 9.91. The maximum Gasteiger partial charge on any atom is 0.243 e. The lowest BCUT2D eigenvalue weighted by atomic mass is 10.5. The monoisotopic (exact) mass is 154 g/mol. The van der Waals surface area contributed by atoms with E-state index in [-0.39, 0.29) is 5.91 Å². The van der Waals surface area contributed by atoms with Crippen molar-refractivity contribution in [2.45, 2.75) is 0 Å². The first-order chi connectivity index (χ1) is 5.31. The van der Waals surface area contributed by atoms with Crippen LogP contribution in [0.3, 0.4) is 0 Å². The first-order valence-electron chi connectivity index (χ1n) is 3.53. The van der Waals surface area contributed by atoms with E-state index in [1.807, 2.05) is 0 Å². The number of carbonyl (C=O) groups is 1. The SMILES string of the molecule is C=CCNCCNC(=O)C=C. The summed E-state index contributed by atoms with van der Waals surface area (Å²) in [6, 6.07) is 0. The molecule has 0 radical (unpaired) electrons. The molecule has 0 spiro atoms. The Labute approximate surface area is 67.2 Å². The third-order valence-electron chi connectivity index (χ3n) is 1.08. The first-order valence-corrected chi connectivity index (χ1v) is 3.53. The standard InChI is InChI=1S/C8H14N2O/c1-3-5-9-6-7-10-8(11)4-2/h3-4,9H,1-2,5-7H2,(H,10,11). The molecular weight excluding hydrogens is 140 g/mol. The lowest BCUT2D eigenvalue weighted by molar-refractivity contribution is -0.116. The maximum absolute atomic E-state index is 10.6. The van der Waals surface area contributed by atoms with Crippen molar-refractivity contribution in [3.05, 3.63) is 25.3 Å². The molecule has 2 N–H and O–H groups in total. The summed E-state index contributed by atoms with van der Waals surface area (Å²) in [6.45, 7) is 9.02. The molecule has 0 aliphatic rings. The Balaban J connectivity index is 3.07. The van der Waals surface area contributed by atoms with Gasteiger partial charge in [0.25, 0.3) is 0 Å². The molecule has 62 valence electrons. The molecule has 0 bridgehead atoms. The molecule has 0 saturated carbocycles. The van der Waals surface area contributed by atoms with Gasteiger partial charge < -0.3 is 10.6 Å². The molecule has 0 fully saturated rings. The van der Waals surface area contributed by atoms with Crippen LogP contribution in [-0.4, -0.2) is 25.5 Å². The van der Waals surface area contributed by atoms with Crippen molar-refractivity contribution in [1.29, 1.82) is 0 Å². The highest BCUT2D eigenvalue weighted by atomic mass is 16.1. The third kappa shape index (κ3) is 6.80. The summed E-state index contributed by atoms with van der Waals surface area (Å²) < 4.78 is 0. The van der Waals surface area contributed by atoms with E-state index in [0.29, 0.717) is 6.54 Å². The molecule has 0 aliphatic heterocycles. The number of nitrogens with one attached hydrogen (secondary N) is 2. The van der Waals surface area contributed by atoms with Crippen molar-refractivity contribution >= 4 is 5.91 Å². The van der Waals surface area contributed by atoms with Crippen LogP contribution in [0.5, 0.6) is 0 Å². The van der Waals surface area contributed by atoms with Gasteiger partial charge in [-0.25, -0.2) is 0 Å². The Kier molecular flexibility index (Phi) is 6.33. The summed E-state index contributed by atoms with van der Waals surface area (Å²) in [5.74, 6) is -0.134. The van der Waals surface area contributed by atoms with Crippen LogP contribution < -0.4 is 10.6 Å². The van der Waals surface area contributed by atoms with Crippen molar-refractivity contribution in [3.63, 3.8) is 0 Å². The van der Waals surface area contributed by atoms with Gasteiger partial charge in [-0.15, -0.1) is 6.58 Å². The van der Waals surface area contributed by atoms with Crippen LogP contribution in [0, 0.1) is 0 Å². The topological polar surface area (TPSA) is 41.1 Å². The Morgan fingerprint density at radius 1 is 1.36 bits per heavy atom. The Hall–Kier alpha value is -1.09. The van der Waals surface area contributed by atoms with Crippen molar-refractivity contribution in [2.24, 2.45) is 0 Å². The van der Waals surface area contributed by atoms with Crippen LogP contribution in [0.2, 0.25) is 0 Å². The van der Waals surface area contributed by atoms with Crippen LogP contribution in [-0.2, 0) is 4.79 Å². The van der Waals surface area contributed by atoms with Gasteiger partial charge in [0.2, 0.25) is 5.91 Å². The number of rotatable bonds is 6. The molecule has 0 aromatic carbocycles. The summed E-state index contributed by atoms with van der Waals surface area (Å²) in [5, 5.41) is 5.68. The molecule has 3 nitrogen and oxygen atoms in total. The molecule has 0 atom stereocenters. The second kappa shape index (κ2) is 7.02. The van der Waals surface area contributed by atoms with Crippen LogP contribution in [0.15, 0.2) is 25.3 Å². The molecule has 11 heavy (non-hydrogen) atoms. The molecule has 0 aromatic heterocycles. The van der Waals surface area contributed by atoms with Gasteiger partial charge in [-0.05, 0) is 6.08 Å². The van der Waals surface area contributed by atoms with Crippen molar-refractivity contribution in [3.8, 4) is 0 Å². The van der Waals surface area contributed by atoms with Crippen LogP contribution in [0.1, 0.15) is 0 Å². The smallest absolute Gasteiger partial charge is 0.243 e. The lowest BCUT2D eigenvalue weighted by Crippen LogP contribution is -2.30. The third-order valence-corrected chi connectivity index (χ3v) is 1.08. The van der Waals surface area contributed by atoms with E-state index in [0.717, 1.165) is 13.1 Å². The van der Waals surface area contributed by atoms with E-state index in [2.05, 4.69) is 23.8 Å². The van der Waals surface area contributed by atoms with E-state index in [4.69, 9.17) is 0 Å². The summed E-state index contributed by atoms with van der Waals surface area (Å²) in [6.07, 6.45) is 3.03. The predicted molar refractivity (Wildman–Crippen MR) is 46.3 cm³/mol. The molecule has 0 rings (SSSR count). The zero-order chi connectivity index (χ0) is 8.53. The van der Waals surface area contributed by atoms with Gasteiger partial charge in [0.1, 0.15) is 0 Å². The fourth-order valence-corrected chi connectivity index (χ4v) is 0.550. The Morgan fingerprint density at radius 3 is 2.64 bits per heavy atom. The number of carbonyl (C=O) groups excluding carboxylic acids is 1. The molecular formula is C8H14N2O. The second-order valence-corrected chi connectivity index (χ2v) is 1.99. The van der Waals surface area contributed by atoms with Crippen LogP contribution in [0.4, 0.5) is 0 Å². The average Bonchev–Trinajstić information content (AvgIpc) is 2.04. The van der Waals surface area contributed by atoms with Crippen molar-refractivity contribution in [1.82, 2.24) is 10.6 Å². The van der Waals surface area contributed by atoms with Crippen molar-refractivity contribution in [2.75, 3.05) is 19.6 Å². The largest absolute Gasteiger partial charge is 0.351 e. The second-order valence-electron chi connectivity index (χ2n) is 1.99. The van der Waals surface area contributed by atoms with Gasteiger partial charge in [-0.3, -0.25) is 4.79 Å². The lowest BCUT2D eigenvalue weighted by Gasteiger charge is -2.01. The molecule has 0 heterocycles. The van der Waals surface area contributed by atoms with Gasteiger partial charge in [0.05, 0.1) is 0 Å². The highest BCUT2D eigenvalue weighted by molar-refractivity contribution is 5.86. The highest BCUT2D eigenvalue weighted by Crippen LogP contribution is 1.65. The van der Waals surface area contributed by atoms with Gasteiger partial charge in [-0.1, -0.05) is 12.7 Å². The quantitative estimate of drug-likeness (QED) is 0.323. The summed E-state index contributed by atoms with van der Waals surface area (Å²) in [4.78, 5) is 10.6. The number of amides is 1. The summed E-state index contributed by atoms with van der Waals surface area (Å²) in [7, 11) is 0. The molecule has 3 heteroatoms. The van der Waals surface area contributed by atoms with Gasteiger partial charge in [0.15, 0.2) is 0 Å². The minimum Gasteiger partial charge on any atom is -0.351 e. The summed E-state index contributed by atoms with van der Waals surface area (Å²) >= 11 is 0. The minimum atomic E-state index is -0.134. The van der Waals surface area contributed by atoms with Crippen LogP contribution in [0.25, 0.3) is 0 Å². The van der Waals surface area contributed by atoms with E-state index in [9.17, 15) is 4.79 Å². The normalized spacial score (nSPS) is 8.73. The molecule has 0 aromatic rings. The highest BCUT2D eigenvalue weighted by Gasteiger charge is 1.89. The zero-order valence-electron chi connectivity index (χ0n) is 6.60. The fraction of sp³-hybridized carbons (Fsp3) is 0.375. The van der Waals surface area contributed by atoms with E-state index in [1.54, 1.807) is 6.08 Å². The zero-order valence-corrected chi connectivity index (χ0v) is 6.60. The van der Waals surface area contributed by atoms with Gasteiger partial charge >= 0.3 is 0 Å². The predicted octanol–water partition coefficient (Wildman–Crippen LogP) is 0.0642. The summed E-state index contributed by atoms with van der Waals surface area (Å²) in [5.41, 5.74) is 0. The molecule has 0 unspecified atom stereocenters. The number of hydrogen-bond donors (Lipinski definition) is 2. The fourth-order valence-electron chi connectivity index (χ4n) is 0.550. The average molecular weight is 154 g/mol. The van der Waals surface area contributed by atoms with Gasteiger partial charge in [0, 0.05) is 19.6 Å². The molecule has 0 aliphatic carbocycles. The van der Waals surface area contributed by atoms with E-state index < -0.39 is 0 Å². The molecule has 0 saturated heterocycles. The maximum atomic E-state index is 10.6. The van der Waals surface area contributed by atoms with Crippen molar-refractivity contribution < 1.29 is 4.79 Å². The molecule has 1 amide bonds. The van der Waals surface area contributed by atoms with Crippen LogP contribution >= 0.6 is 0 Å². The Bertz CT molecular complexity index is 143. The van der Waals surface area contributed by atoms with Gasteiger partial charge in [-0.2, -0.15) is 0 Å². The van der Waals surface area contributed by atoms with E-state index >= 15 is 0 Å². The Morgan fingerprint density at radius 2 is 2.09 bits per heavy atom. The minimum absolute atomic E-state index is 0.134. The van der Waals surface area contributed by atoms with E-state index in [1.165, 1.54) is 6.08 Å².